The summed E-state index contributed by atoms with van der Waals surface area (Å²) in [5.41, 5.74) is 2.19. The van der Waals surface area contributed by atoms with Crippen molar-refractivity contribution in [3.05, 3.63) is 65.7 Å². The van der Waals surface area contributed by atoms with Crippen molar-refractivity contribution in [1.29, 1.82) is 0 Å². The number of carbonyl (C=O) groups excluding carboxylic acids is 1. The van der Waals surface area contributed by atoms with Gasteiger partial charge in [-0.05, 0) is 31.0 Å². The van der Waals surface area contributed by atoms with Crippen LogP contribution in [0.2, 0.25) is 0 Å². The highest BCUT2D eigenvalue weighted by atomic mass is 16.5. The fourth-order valence-electron chi connectivity index (χ4n) is 4.48. The first kappa shape index (κ1) is 23.9. The van der Waals surface area contributed by atoms with Gasteiger partial charge in [-0.1, -0.05) is 23.4 Å². The topological polar surface area (TPSA) is 141 Å². The van der Waals surface area contributed by atoms with Gasteiger partial charge in [0.2, 0.25) is 11.7 Å². The molecule has 1 N–H and O–H groups in total. The summed E-state index contributed by atoms with van der Waals surface area (Å²) in [4.78, 5) is 18.9. The number of aliphatic hydroxyl groups is 1. The molecule has 1 aromatic carbocycles. The molecular formula is C26H25N7O5. The maximum Gasteiger partial charge on any atom is 0.255 e. The molecule has 194 valence electrons. The number of hydrogen-bond donors (Lipinski definition) is 1. The van der Waals surface area contributed by atoms with Gasteiger partial charge in [-0.3, -0.25) is 9.78 Å². The van der Waals surface area contributed by atoms with Gasteiger partial charge < -0.3 is 24.0 Å². The van der Waals surface area contributed by atoms with Gasteiger partial charge in [0.05, 0.1) is 17.4 Å². The van der Waals surface area contributed by atoms with Crippen LogP contribution < -0.4 is 4.74 Å². The second kappa shape index (κ2) is 10.1. The molecular weight excluding hydrogens is 490 g/mol. The molecule has 0 radical (unpaired) electrons. The van der Waals surface area contributed by atoms with Crippen molar-refractivity contribution in [2.24, 2.45) is 0 Å². The smallest absolute Gasteiger partial charge is 0.255 e. The van der Waals surface area contributed by atoms with Crippen LogP contribution in [0.5, 0.6) is 5.88 Å². The van der Waals surface area contributed by atoms with E-state index in [0.717, 1.165) is 10.8 Å². The largest absolute Gasteiger partial charge is 0.470 e. The fraction of sp³-hybridized carbons (Fsp3) is 0.308. The normalized spacial score (nSPS) is 14.4. The molecule has 6 rings (SSSR count). The van der Waals surface area contributed by atoms with E-state index < -0.39 is 0 Å². The lowest BCUT2D eigenvalue weighted by molar-refractivity contribution is 0.0546. The summed E-state index contributed by atoms with van der Waals surface area (Å²) in [6, 6.07) is 12.9. The van der Waals surface area contributed by atoms with Crippen molar-refractivity contribution in [2.75, 3.05) is 20.2 Å². The zero-order valence-corrected chi connectivity index (χ0v) is 20.6. The number of methoxy groups -OCH3 is 1. The zero-order valence-electron chi connectivity index (χ0n) is 20.6. The quantitative estimate of drug-likeness (QED) is 0.344. The van der Waals surface area contributed by atoms with Gasteiger partial charge >= 0.3 is 0 Å². The Kier molecular flexibility index (Phi) is 6.40. The molecule has 0 unspecified atom stereocenters. The van der Waals surface area contributed by atoms with E-state index in [1.165, 1.54) is 0 Å². The molecule has 1 saturated heterocycles. The van der Waals surface area contributed by atoms with Gasteiger partial charge in [-0.2, -0.15) is 4.52 Å². The molecule has 12 heteroatoms. The van der Waals surface area contributed by atoms with Crippen molar-refractivity contribution in [3.8, 4) is 17.4 Å². The second-order valence-electron chi connectivity index (χ2n) is 9.07. The van der Waals surface area contributed by atoms with Crippen molar-refractivity contribution in [2.45, 2.75) is 32.2 Å². The Morgan fingerprint density at radius 2 is 1.92 bits per heavy atom. The zero-order chi connectivity index (χ0) is 26.1. The number of rotatable bonds is 7. The lowest BCUT2D eigenvalue weighted by Gasteiger charge is -2.29. The van der Waals surface area contributed by atoms with Crippen LogP contribution in [-0.2, 0) is 18.0 Å². The first-order valence-electron chi connectivity index (χ1n) is 12.2. The lowest BCUT2D eigenvalue weighted by Crippen LogP contribution is -2.40. The van der Waals surface area contributed by atoms with Gasteiger partial charge in [-0.15, -0.1) is 15.3 Å². The molecule has 4 aromatic heterocycles. The van der Waals surface area contributed by atoms with Crippen LogP contribution in [0.3, 0.4) is 0 Å². The third-order valence-corrected chi connectivity index (χ3v) is 6.48. The summed E-state index contributed by atoms with van der Waals surface area (Å²) in [5, 5.41) is 28.6. The second-order valence-corrected chi connectivity index (χ2v) is 9.07. The van der Waals surface area contributed by atoms with E-state index in [9.17, 15) is 9.90 Å². The molecule has 0 aliphatic carbocycles. The molecule has 0 saturated carbocycles. The van der Waals surface area contributed by atoms with E-state index in [-0.39, 0.29) is 25.2 Å². The van der Waals surface area contributed by atoms with Crippen molar-refractivity contribution < 1.29 is 23.9 Å². The van der Waals surface area contributed by atoms with Crippen LogP contribution >= 0.6 is 0 Å². The highest BCUT2D eigenvalue weighted by Crippen LogP contribution is 2.29. The first-order valence-corrected chi connectivity index (χ1v) is 12.2. The summed E-state index contributed by atoms with van der Waals surface area (Å²) in [5.74, 6) is 1.26. The summed E-state index contributed by atoms with van der Waals surface area (Å²) in [6.07, 6.45) is 2.41. The highest BCUT2D eigenvalue weighted by molar-refractivity contribution is 5.97. The highest BCUT2D eigenvalue weighted by Gasteiger charge is 2.23. The van der Waals surface area contributed by atoms with Gasteiger partial charge in [0.1, 0.15) is 13.2 Å². The molecule has 1 aliphatic rings. The standard InChI is InChI=1S/C26H25N7O5/c1-36-15-19-12-22(31-38-19)24-29-28-23-20-4-2-3-5-21(20)25(30-33(23)24)37-14-17-7-6-16(13-27-17)26(35)32-10-8-18(34)9-11-32/h2-7,12-13,18,34H,8-11,14-15H2,1H3. The average molecular weight is 516 g/mol. The minimum Gasteiger partial charge on any atom is -0.470 e. The predicted octanol–water partition coefficient (Wildman–Crippen LogP) is 2.65. The van der Waals surface area contributed by atoms with E-state index in [1.54, 1.807) is 40.9 Å². The summed E-state index contributed by atoms with van der Waals surface area (Å²) in [6.45, 7) is 1.51. The Balaban J connectivity index is 1.25. The predicted molar refractivity (Wildman–Crippen MR) is 134 cm³/mol. The Bertz CT molecular complexity index is 1590. The number of aromatic nitrogens is 6. The molecule has 12 nitrogen and oxygen atoms in total. The fourth-order valence-corrected chi connectivity index (χ4v) is 4.48. The molecule has 1 fully saturated rings. The molecule has 5 heterocycles. The van der Waals surface area contributed by atoms with E-state index in [2.05, 4.69) is 25.4 Å². The Labute approximate surface area is 216 Å². The molecule has 38 heavy (non-hydrogen) atoms. The van der Waals surface area contributed by atoms with Crippen molar-refractivity contribution in [1.82, 2.24) is 34.9 Å². The van der Waals surface area contributed by atoms with Crippen LogP contribution in [-0.4, -0.2) is 72.2 Å². The number of piperidine rings is 1. The first-order chi connectivity index (χ1) is 18.6. The molecule has 1 amide bonds. The Morgan fingerprint density at radius 1 is 1.11 bits per heavy atom. The lowest BCUT2D eigenvalue weighted by atomic mass is 10.1. The van der Waals surface area contributed by atoms with Crippen molar-refractivity contribution in [3.63, 3.8) is 0 Å². The number of aliphatic hydroxyl groups excluding tert-OH is 1. The number of fused-ring (bicyclic) bond motifs is 3. The minimum absolute atomic E-state index is 0.0865. The SMILES string of the molecule is COCc1cc(-c2nnc3c4ccccc4c(OCc4ccc(C(=O)N5CCC(O)CC5)cn4)nn23)no1. The molecule has 0 bridgehead atoms. The van der Waals surface area contributed by atoms with E-state index in [1.807, 2.05) is 24.3 Å². The maximum absolute atomic E-state index is 12.8. The van der Waals surface area contributed by atoms with Gasteiger partial charge in [0.15, 0.2) is 17.1 Å². The number of pyridine rings is 1. The van der Waals surface area contributed by atoms with E-state index in [0.29, 0.717) is 66.0 Å². The van der Waals surface area contributed by atoms with Gasteiger partial charge in [0.25, 0.3) is 5.91 Å². The van der Waals surface area contributed by atoms with Crippen LogP contribution in [0.25, 0.3) is 27.9 Å². The number of benzene rings is 1. The Hall–Kier alpha value is -4.42. The average Bonchev–Trinajstić information content (AvgIpc) is 3.59. The summed E-state index contributed by atoms with van der Waals surface area (Å²) in [7, 11) is 1.58. The molecule has 0 atom stereocenters. The summed E-state index contributed by atoms with van der Waals surface area (Å²) < 4.78 is 18.1. The van der Waals surface area contributed by atoms with E-state index >= 15 is 0 Å². The number of ether oxygens (including phenoxy) is 2. The van der Waals surface area contributed by atoms with Crippen LogP contribution in [0, 0.1) is 0 Å². The van der Waals surface area contributed by atoms with Crippen LogP contribution in [0.15, 0.2) is 53.2 Å². The third-order valence-electron chi connectivity index (χ3n) is 6.48. The van der Waals surface area contributed by atoms with Gasteiger partial charge in [0, 0.05) is 43.2 Å². The molecule has 5 aromatic rings. The van der Waals surface area contributed by atoms with Crippen molar-refractivity contribution >= 4 is 22.3 Å². The number of hydrogen-bond acceptors (Lipinski definition) is 10. The van der Waals surface area contributed by atoms with E-state index in [4.69, 9.17) is 14.0 Å². The van der Waals surface area contributed by atoms with Crippen LogP contribution in [0.4, 0.5) is 0 Å². The van der Waals surface area contributed by atoms with Gasteiger partial charge in [-0.25, -0.2) is 0 Å². The Morgan fingerprint density at radius 3 is 2.68 bits per heavy atom. The van der Waals surface area contributed by atoms with Crippen LogP contribution in [0.1, 0.15) is 34.7 Å². The minimum atomic E-state index is -0.334. The third kappa shape index (κ3) is 4.55. The number of amides is 1. The maximum atomic E-state index is 12.8. The number of likely N-dealkylation sites (tertiary alicyclic amines) is 1. The monoisotopic (exact) mass is 515 g/mol. The number of carbonyl (C=O) groups is 1. The molecule has 0 spiro atoms. The summed E-state index contributed by atoms with van der Waals surface area (Å²) >= 11 is 0. The number of nitrogens with zero attached hydrogens (tertiary/aromatic N) is 7. The molecule has 1 aliphatic heterocycles.